The van der Waals surface area contributed by atoms with E-state index < -0.39 is 11.1 Å². The average Bonchev–Trinajstić information content (AvgIpc) is 3.15. The van der Waals surface area contributed by atoms with Gasteiger partial charge in [-0.3, -0.25) is 8.98 Å². The van der Waals surface area contributed by atoms with E-state index in [1.165, 1.54) is 43.2 Å². The van der Waals surface area contributed by atoms with Crippen molar-refractivity contribution < 1.29 is 13.2 Å². The van der Waals surface area contributed by atoms with Crippen molar-refractivity contribution in [3.05, 3.63) is 41.5 Å². The number of carbonyl (C=O) groups excluding carboxylic acids is 1. The Balaban J connectivity index is 1.27. The van der Waals surface area contributed by atoms with Crippen LogP contribution in [0.15, 0.2) is 40.8 Å². The highest BCUT2D eigenvalue weighted by molar-refractivity contribution is 7.80. The van der Waals surface area contributed by atoms with Gasteiger partial charge in [-0.05, 0) is 110 Å². The van der Waals surface area contributed by atoms with Crippen molar-refractivity contribution in [1.82, 2.24) is 0 Å². The summed E-state index contributed by atoms with van der Waals surface area (Å²) >= 11 is -1.39. The normalized spacial score (nSPS) is 39.8. The minimum atomic E-state index is -1.39. The lowest BCUT2D eigenvalue weighted by atomic mass is 9.46. The smallest absolute Gasteiger partial charge is 0.189 e. The molecule has 0 spiro atoms. The third-order valence-corrected chi connectivity index (χ3v) is 11.4. The van der Waals surface area contributed by atoms with Crippen LogP contribution in [0.2, 0.25) is 0 Å². The fourth-order valence-corrected chi connectivity index (χ4v) is 9.37. The number of allylic oxidation sites excluding steroid dienone is 1. The molecule has 8 atom stereocenters. The lowest BCUT2D eigenvalue weighted by molar-refractivity contribution is -0.117. The highest BCUT2D eigenvalue weighted by Crippen LogP contribution is 2.67. The Morgan fingerprint density at radius 1 is 1.03 bits per heavy atom. The highest BCUT2D eigenvalue weighted by Gasteiger charge is 2.59. The van der Waals surface area contributed by atoms with Crippen molar-refractivity contribution in [3.8, 4) is 0 Å². The van der Waals surface area contributed by atoms with Gasteiger partial charge in [-0.25, -0.2) is 4.21 Å². The maximum Gasteiger partial charge on any atom is 0.189 e. The number of benzene rings is 1. The molecule has 0 aromatic heterocycles. The molecule has 3 fully saturated rings. The zero-order valence-corrected chi connectivity index (χ0v) is 21.6. The first-order valence-corrected chi connectivity index (χ1v) is 14.2. The van der Waals surface area contributed by atoms with E-state index in [2.05, 4.69) is 20.8 Å². The van der Waals surface area contributed by atoms with Gasteiger partial charge in [0.15, 0.2) is 16.9 Å². The third kappa shape index (κ3) is 3.99. The molecule has 0 N–H and O–H groups in total. The summed E-state index contributed by atoms with van der Waals surface area (Å²) in [6.45, 7) is 9.94. The third-order valence-electron chi connectivity index (χ3n) is 10.4. The number of fused-ring (bicyclic) bond motifs is 5. The van der Waals surface area contributed by atoms with Crippen molar-refractivity contribution in [1.29, 1.82) is 0 Å². The van der Waals surface area contributed by atoms with Crippen LogP contribution < -0.4 is 0 Å². The van der Waals surface area contributed by atoms with Gasteiger partial charge in [0.05, 0.1) is 11.5 Å². The summed E-state index contributed by atoms with van der Waals surface area (Å²) in [4.78, 5) is 12.8. The summed E-state index contributed by atoms with van der Waals surface area (Å²) in [6.07, 6.45) is 11.3. The largest absolute Gasteiger partial charge is 0.295 e. The van der Waals surface area contributed by atoms with Gasteiger partial charge in [0.1, 0.15) is 0 Å². The van der Waals surface area contributed by atoms with Crippen LogP contribution in [-0.2, 0) is 20.1 Å². The van der Waals surface area contributed by atoms with Crippen LogP contribution in [0.25, 0.3) is 0 Å². The number of rotatable bonds is 5. The van der Waals surface area contributed by atoms with E-state index in [0.717, 1.165) is 41.9 Å². The first-order chi connectivity index (χ1) is 15.7. The molecule has 0 bridgehead atoms. The predicted molar refractivity (Wildman–Crippen MR) is 133 cm³/mol. The van der Waals surface area contributed by atoms with Gasteiger partial charge in [-0.2, -0.15) is 0 Å². The first kappa shape index (κ1) is 23.5. The lowest BCUT2D eigenvalue weighted by Gasteiger charge is -2.58. The number of carbonyl (C=O) groups is 1. The lowest BCUT2D eigenvalue weighted by Crippen LogP contribution is -2.51. The molecule has 4 aliphatic carbocycles. The molecule has 3 nitrogen and oxygen atoms in total. The Hall–Kier alpha value is -1.26. The quantitative estimate of drug-likeness (QED) is 0.476. The second-order valence-electron chi connectivity index (χ2n) is 12.0. The SMILES string of the molecule is Cc1ccc(S(=O)OC[C@@H](C)C2CCC3C4CCC5=CC(=O)CCC5(C)C4CCC32C)cc1. The topological polar surface area (TPSA) is 43.4 Å². The molecule has 1 aromatic rings. The second kappa shape index (κ2) is 8.75. The summed E-state index contributed by atoms with van der Waals surface area (Å²) in [5.41, 5.74) is 3.23. The Bertz CT molecular complexity index is 966. The molecule has 180 valence electrons. The molecular weight excluding hydrogens is 428 g/mol. The highest BCUT2D eigenvalue weighted by atomic mass is 32.2. The van der Waals surface area contributed by atoms with Gasteiger partial charge in [-0.15, -0.1) is 0 Å². The molecular formula is C29H40O3S. The van der Waals surface area contributed by atoms with Crippen molar-refractivity contribution in [2.75, 3.05) is 6.61 Å². The Labute approximate surface area is 202 Å². The second-order valence-corrected chi connectivity index (χ2v) is 13.2. The van der Waals surface area contributed by atoms with E-state index in [1.54, 1.807) is 0 Å². The van der Waals surface area contributed by atoms with Crippen LogP contribution in [0, 0.1) is 47.3 Å². The maximum atomic E-state index is 12.7. The minimum Gasteiger partial charge on any atom is -0.295 e. The summed E-state index contributed by atoms with van der Waals surface area (Å²) < 4.78 is 18.6. The number of aryl methyl sites for hydroxylation is 1. The van der Waals surface area contributed by atoms with E-state index in [-0.39, 0.29) is 5.41 Å². The van der Waals surface area contributed by atoms with Crippen LogP contribution in [0.4, 0.5) is 0 Å². The van der Waals surface area contributed by atoms with E-state index in [1.807, 2.05) is 37.3 Å². The zero-order chi connectivity index (χ0) is 23.4. The molecule has 5 rings (SSSR count). The molecule has 3 saturated carbocycles. The predicted octanol–water partition coefficient (Wildman–Crippen LogP) is 6.82. The Kier molecular flexibility index (Phi) is 6.23. The van der Waals surface area contributed by atoms with Crippen LogP contribution in [0.3, 0.4) is 0 Å². The summed E-state index contributed by atoms with van der Waals surface area (Å²) in [5.74, 6) is 3.70. The van der Waals surface area contributed by atoms with E-state index >= 15 is 0 Å². The van der Waals surface area contributed by atoms with Gasteiger partial charge >= 0.3 is 0 Å². The number of hydrogen-bond donors (Lipinski definition) is 0. The minimum absolute atomic E-state index is 0.246. The van der Waals surface area contributed by atoms with Crippen molar-refractivity contribution in [3.63, 3.8) is 0 Å². The van der Waals surface area contributed by atoms with Crippen LogP contribution in [0.5, 0.6) is 0 Å². The summed E-state index contributed by atoms with van der Waals surface area (Å²) in [7, 11) is 0. The molecule has 0 radical (unpaired) electrons. The fraction of sp³-hybridized carbons (Fsp3) is 0.690. The van der Waals surface area contributed by atoms with Gasteiger partial charge < -0.3 is 0 Å². The Morgan fingerprint density at radius 3 is 2.55 bits per heavy atom. The van der Waals surface area contributed by atoms with Crippen LogP contribution in [-0.4, -0.2) is 16.6 Å². The molecule has 0 aliphatic heterocycles. The monoisotopic (exact) mass is 468 g/mol. The molecule has 7 unspecified atom stereocenters. The maximum absolute atomic E-state index is 12.7. The van der Waals surface area contributed by atoms with Crippen LogP contribution in [0.1, 0.15) is 77.7 Å². The van der Waals surface area contributed by atoms with E-state index in [9.17, 15) is 9.00 Å². The van der Waals surface area contributed by atoms with Gasteiger partial charge in [0.25, 0.3) is 0 Å². The number of hydrogen-bond acceptors (Lipinski definition) is 3. The van der Waals surface area contributed by atoms with Crippen LogP contribution >= 0.6 is 0 Å². The molecule has 0 heterocycles. The van der Waals surface area contributed by atoms with Crippen molar-refractivity contribution >= 4 is 16.9 Å². The molecule has 4 heteroatoms. The molecule has 4 aliphatic rings. The van der Waals surface area contributed by atoms with Crippen molar-refractivity contribution in [2.45, 2.75) is 84.0 Å². The fourth-order valence-electron chi connectivity index (χ4n) is 8.54. The molecule has 0 saturated heterocycles. The molecule has 33 heavy (non-hydrogen) atoms. The van der Waals surface area contributed by atoms with Crippen molar-refractivity contribution in [2.24, 2.45) is 40.4 Å². The van der Waals surface area contributed by atoms with Gasteiger partial charge in [0, 0.05) is 6.42 Å². The van der Waals surface area contributed by atoms with E-state index in [4.69, 9.17) is 4.18 Å². The van der Waals surface area contributed by atoms with Gasteiger partial charge in [-0.1, -0.05) is 44.0 Å². The summed E-state index contributed by atoms with van der Waals surface area (Å²) in [5, 5.41) is 0. The number of ketones is 1. The molecule has 1 aromatic carbocycles. The van der Waals surface area contributed by atoms with Gasteiger partial charge in [0.2, 0.25) is 0 Å². The summed E-state index contributed by atoms with van der Waals surface area (Å²) in [6, 6.07) is 7.81. The Morgan fingerprint density at radius 2 is 1.79 bits per heavy atom. The zero-order valence-electron chi connectivity index (χ0n) is 20.8. The average molecular weight is 469 g/mol. The first-order valence-electron chi connectivity index (χ1n) is 13.1. The van der Waals surface area contributed by atoms with E-state index in [0.29, 0.717) is 29.6 Å². The molecule has 0 amide bonds. The standard InChI is InChI=1S/C29H40O3S/c1-19-5-8-23(9-6-19)33(31)32-18-20(2)25-11-12-26-24-10-7-21-17-22(30)13-15-28(21,3)27(24)14-16-29(25,26)4/h5-6,8-9,17,20,24-27H,7,10-16,18H2,1-4H3/t20-,24?,25?,26?,27?,28?,29?,33?/m1/s1.